The van der Waals surface area contributed by atoms with Gasteiger partial charge in [0.05, 0.1) is 18.7 Å². The van der Waals surface area contributed by atoms with E-state index in [0.29, 0.717) is 37.6 Å². The summed E-state index contributed by atoms with van der Waals surface area (Å²) in [5.74, 6) is 0.265. The van der Waals surface area contributed by atoms with Gasteiger partial charge in [-0.25, -0.2) is 18.7 Å². The van der Waals surface area contributed by atoms with Gasteiger partial charge in [0.2, 0.25) is 11.8 Å². The molecule has 8 nitrogen and oxygen atoms in total. The summed E-state index contributed by atoms with van der Waals surface area (Å²) in [5, 5.41) is 3.46. The number of hydrogen-bond acceptors (Lipinski definition) is 6. The molecule has 1 fully saturated rings. The van der Waals surface area contributed by atoms with Crippen LogP contribution >= 0.6 is 0 Å². The lowest BCUT2D eigenvalue weighted by molar-refractivity contribution is -0.135. The van der Waals surface area contributed by atoms with Crippen molar-refractivity contribution in [1.29, 1.82) is 0 Å². The Hall–Kier alpha value is -3.66. The molecule has 2 aromatic heterocycles. The molecule has 1 aliphatic heterocycles. The second-order valence-electron chi connectivity index (χ2n) is 7.38. The van der Waals surface area contributed by atoms with Crippen molar-refractivity contribution in [2.24, 2.45) is 0 Å². The quantitative estimate of drug-likeness (QED) is 0.586. The minimum Gasteiger partial charge on any atom is -0.439 e. The second kappa shape index (κ2) is 10.3. The van der Waals surface area contributed by atoms with Gasteiger partial charge in [0.25, 0.3) is 12.3 Å². The normalized spacial score (nSPS) is 13.8. The van der Waals surface area contributed by atoms with E-state index in [4.69, 9.17) is 9.47 Å². The van der Waals surface area contributed by atoms with Gasteiger partial charge in [0.15, 0.2) is 0 Å². The monoisotopic (exact) mass is 456 g/mol. The smallest absolute Gasteiger partial charge is 0.269 e. The van der Waals surface area contributed by atoms with E-state index in [9.17, 15) is 18.4 Å². The molecule has 0 radical (unpaired) electrons. The Morgan fingerprint density at radius 2 is 1.94 bits per heavy atom. The SMILES string of the molecule is O=C(NCCC(=O)N1CCOCC1)c1ccc2cc(Oc3ccc(C(F)F)cn3)ccc2n1. The molecule has 4 rings (SSSR count). The number of ether oxygens (including phenoxy) is 2. The molecule has 1 aromatic carbocycles. The average Bonchev–Trinajstić information content (AvgIpc) is 2.84. The lowest BCUT2D eigenvalue weighted by Gasteiger charge is -2.26. The molecule has 172 valence electrons. The van der Waals surface area contributed by atoms with Crippen LogP contribution in [0.3, 0.4) is 0 Å². The predicted octanol–water partition coefficient (Wildman–Crippen LogP) is 3.34. The highest BCUT2D eigenvalue weighted by molar-refractivity contribution is 5.95. The number of aromatic nitrogens is 2. The third-order valence-corrected chi connectivity index (χ3v) is 5.12. The summed E-state index contributed by atoms with van der Waals surface area (Å²) in [6.07, 6.45) is -1.30. The predicted molar refractivity (Wildman–Crippen MR) is 115 cm³/mol. The summed E-state index contributed by atoms with van der Waals surface area (Å²) in [6, 6.07) is 11.0. The third-order valence-electron chi connectivity index (χ3n) is 5.12. The summed E-state index contributed by atoms with van der Waals surface area (Å²) in [7, 11) is 0. The van der Waals surface area contributed by atoms with Crippen LogP contribution in [0, 0.1) is 0 Å². The number of alkyl halides is 2. The van der Waals surface area contributed by atoms with Gasteiger partial charge in [0, 0.05) is 49.3 Å². The summed E-state index contributed by atoms with van der Waals surface area (Å²) in [5.41, 5.74) is 0.640. The average molecular weight is 456 g/mol. The van der Waals surface area contributed by atoms with Gasteiger partial charge in [0.1, 0.15) is 11.4 Å². The zero-order valence-electron chi connectivity index (χ0n) is 17.7. The maximum atomic E-state index is 12.6. The highest BCUT2D eigenvalue weighted by atomic mass is 19.3. The minimum atomic E-state index is -2.59. The lowest BCUT2D eigenvalue weighted by Crippen LogP contribution is -2.42. The number of nitrogens with one attached hydrogen (secondary N) is 1. The number of rotatable bonds is 7. The van der Waals surface area contributed by atoms with E-state index in [2.05, 4.69) is 15.3 Å². The molecular weight excluding hydrogens is 434 g/mol. The molecule has 3 heterocycles. The lowest BCUT2D eigenvalue weighted by atomic mass is 10.2. The molecule has 3 aromatic rings. The zero-order chi connectivity index (χ0) is 23.2. The van der Waals surface area contributed by atoms with Gasteiger partial charge in [-0.1, -0.05) is 6.07 Å². The largest absolute Gasteiger partial charge is 0.439 e. The molecule has 2 amide bonds. The van der Waals surface area contributed by atoms with Crippen LogP contribution in [0.2, 0.25) is 0 Å². The molecule has 0 spiro atoms. The molecule has 0 atom stereocenters. The van der Waals surface area contributed by atoms with E-state index in [0.717, 1.165) is 11.6 Å². The van der Waals surface area contributed by atoms with E-state index in [-0.39, 0.29) is 41.9 Å². The van der Waals surface area contributed by atoms with E-state index in [1.807, 2.05) is 0 Å². The molecule has 0 unspecified atom stereocenters. The van der Waals surface area contributed by atoms with Crippen molar-refractivity contribution in [2.45, 2.75) is 12.8 Å². The van der Waals surface area contributed by atoms with Gasteiger partial charge < -0.3 is 19.7 Å². The molecule has 10 heteroatoms. The Bertz CT molecular complexity index is 1140. The van der Waals surface area contributed by atoms with E-state index in [1.165, 1.54) is 12.1 Å². The highest BCUT2D eigenvalue weighted by Gasteiger charge is 2.17. The van der Waals surface area contributed by atoms with Crippen molar-refractivity contribution >= 4 is 22.7 Å². The number of benzene rings is 1. The fourth-order valence-corrected chi connectivity index (χ4v) is 3.34. The Morgan fingerprint density at radius 3 is 2.67 bits per heavy atom. The Morgan fingerprint density at radius 1 is 1.12 bits per heavy atom. The van der Waals surface area contributed by atoms with Crippen molar-refractivity contribution in [3.63, 3.8) is 0 Å². The topological polar surface area (TPSA) is 93.7 Å². The van der Waals surface area contributed by atoms with Crippen molar-refractivity contribution in [1.82, 2.24) is 20.2 Å². The van der Waals surface area contributed by atoms with Crippen LogP contribution in [0.15, 0.2) is 48.7 Å². The van der Waals surface area contributed by atoms with Crippen LogP contribution in [0.5, 0.6) is 11.6 Å². The standard InChI is InChI=1S/C23H22F2N4O4/c24-22(25)16-2-6-20(27-14-16)33-17-3-5-18-15(13-17)1-4-19(28-18)23(31)26-8-7-21(30)29-9-11-32-12-10-29/h1-6,13-14,22H,7-12H2,(H,26,31). The van der Waals surface area contributed by atoms with Gasteiger partial charge in [-0.05, 0) is 30.3 Å². The molecule has 0 bridgehead atoms. The van der Waals surface area contributed by atoms with Gasteiger partial charge >= 0.3 is 0 Å². The Balaban J connectivity index is 1.34. The molecule has 0 aliphatic carbocycles. The number of nitrogens with zero attached hydrogens (tertiary/aromatic N) is 3. The fourth-order valence-electron chi connectivity index (χ4n) is 3.34. The summed E-state index contributed by atoms with van der Waals surface area (Å²) in [6.45, 7) is 2.43. The second-order valence-corrected chi connectivity index (χ2v) is 7.38. The molecular formula is C23H22F2N4O4. The van der Waals surface area contributed by atoms with Crippen molar-refractivity contribution in [3.05, 3.63) is 59.9 Å². The molecule has 1 aliphatic rings. The number of carbonyl (C=O) groups is 2. The van der Waals surface area contributed by atoms with Crippen LogP contribution in [0.25, 0.3) is 10.9 Å². The van der Waals surface area contributed by atoms with Crippen molar-refractivity contribution in [2.75, 3.05) is 32.8 Å². The van der Waals surface area contributed by atoms with E-state index in [1.54, 1.807) is 35.2 Å². The number of hydrogen-bond donors (Lipinski definition) is 1. The Kier molecular flexibility index (Phi) is 7.04. The first-order valence-corrected chi connectivity index (χ1v) is 10.5. The number of morpholine rings is 1. The summed E-state index contributed by atoms with van der Waals surface area (Å²) < 4.78 is 36.1. The third kappa shape index (κ3) is 5.78. The maximum absolute atomic E-state index is 12.6. The van der Waals surface area contributed by atoms with Crippen molar-refractivity contribution in [3.8, 4) is 11.6 Å². The number of fused-ring (bicyclic) bond motifs is 1. The van der Waals surface area contributed by atoms with E-state index < -0.39 is 6.43 Å². The van der Waals surface area contributed by atoms with Gasteiger partial charge in [-0.15, -0.1) is 0 Å². The summed E-state index contributed by atoms with van der Waals surface area (Å²) in [4.78, 5) is 34.6. The first-order chi connectivity index (χ1) is 16.0. The van der Waals surface area contributed by atoms with E-state index >= 15 is 0 Å². The molecule has 33 heavy (non-hydrogen) atoms. The number of pyridine rings is 2. The first-order valence-electron chi connectivity index (χ1n) is 10.5. The van der Waals surface area contributed by atoms with Crippen LogP contribution in [-0.4, -0.2) is 59.5 Å². The minimum absolute atomic E-state index is 0.0177. The molecule has 0 saturated carbocycles. The molecule has 1 N–H and O–H groups in total. The number of amides is 2. The zero-order valence-corrected chi connectivity index (χ0v) is 17.7. The highest BCUT2D eigenvalue weighted by Crippen LogP contribution is 2.25. The van der Waals surface area contributed by atoms with Crippen LogP contribution in [0.1, 0.15) is 28.9 Å². The van der Waals surface area contributed by atoms with Crippen LogP contribution in [-0.2, 0) is 9.53 Å². The number of carbonyl (C=O) groups excluding carboxylic acids is 2. The van der Waals surface area contributed by atoms with Gasteiger partial charge in [-0.2, -0.15) is 0 Å². The van der Waals surface area contributed by atoms with Crippen LogP contribution in [0.4, 0.5) is 8.78 Å². The fraction of sp³-hybridized carbons (Fsp3) is 0.304. The van der Waals surface area contributed by atoms with Gasteiger partial charge in [-0.3, -0.25) is 9.59 Å². The first kappa shape index (κ1) is 22.5. The van der Waals surface area contributed by atoms with Crippen LogP contribution < -0.4 is 10.1 Å². The van der Waals surface area contributed by atoms with Crippen molar-refractivity contribution < 1.29 is 27.8 Å². The number of halogens is 2. The Labute approximate surface area is 188 Å². The molecule has 1 saturated heterocycles. The summed E-state index contributed by atoms with van der Waals surface area (Å²) >= 11 is 0. The maximum Gasteiger partial charge on any atom is 0.269 e.